The molecule has 0 saturated heterocycles. The monoisotopic (exact) mass is 262 g/mol. The van der Waals surface area contributed by atoms with Crippen molar-refractivity contribution in [1.29, 1.82) is 0 Å². The van der Waals surface area contributed by atoms with Gasteiger partial charge in [-0.05, 0) is 43.6 Å². The van der Waals surface area contributed by atoms with Gasteiger partial charge in [0.15, 0.2) is 0 Å². The molecule has 0 spiro atoms. The molecule has 1 aromatic rings. The van der Waals surface area contributed by atoms with Crippen LogP contribution in [0.25, 0.3) is 0 Å². The number of hydrogen-bond donors (Lipinski definition) is 1. The van der Waals surface area contributed by atoms with Crippen LogP contribution in [0.3, 0.4) is 0 Å². The molecule has 1 heterocycles. The molecular weight excluding hydrogens is 236 g/mol. The third-order valence-electron chi connectivity index (χ3n) is 4.14. The van der Waals surface area contributed by atoms with E-state index in [9.17, 15) is 0 Å². The minimum absolute atomic E-state index is 0.674. The normalized spacial score (nSPS) is 19.3. The lowest BCUT2D eigenvalue weighted by molar-refractivity contribution is 0.209. The number of methoxy groups -OCH3 is 1. The quantitative estimate of drug-likeness (QED) is 0.882. The Morgan fingerprint density at radius 1 is 1.32 bits per heavy atom. The van der Waals surface area contributed by atoms with Crippen molar-refractivity contribution < 1.29 is 4.74 Å². The lowest BCUT2D eigenvalue weighted by Crippen LogP contribution is -2.37. The van der Waals surface area contributed by atoms with Crippen LogP contribution in [0.5, 0.6) is 5.75 Å². The van der Waals surface area contributed by atoms with Gasteiger partial charge < -0.3 is 10.1 Å². The molecule has 0 amide bonds. The fourth-order valence-corrected chi connectivity index (χ4v) is 2.91. The van der Waals surface area contributed by atoms with E-state index in [0.29, 0.717) is 6.04 Å². The predicted molar refractivity (Wildman–Crippen MR) is 79.6 cm³/mol. The molecule has 19 heavy (non-hydrogen) atoms. The van der Waals surface area contributed by atoms with E-state index < -0.39 is 0 Å². The maximum atomic E-state index is 5.54. The van der Waals surface area contributed by atoms with Crippen molar-refractivity contribution in [2.45, 2.75) is 45.8 Å². The van der Waals surface area contributed by atoms with Crippen molar-refractivity contribution in [2.24, 2.45) is 0 Å². The molecule has 1 unspecified atom stereocenters. The Morgan fingerprint density at radius 3 is 2.74 bits per heavy atom. The summed E-state index contributed by atoms with van der Waals surface area (Å²) in [5.41, 5.74) is 4.20. The second kappa shape index (κ2) is 6.40. The summed E-state index contributed by atoms with van der Waals surface area (Å²) in [4.78, 5) is 2.45. The van der Waals surface area contributed by atoms with Gasteiger partial charge in [-0.3, -0.25) is 4.90 Å². The number of likely N-dealkylation sites (N-methyl/N-ethyl adjacent to an activating group) is 1. The number of fused-ring (bicyclic) bond motifs is 1. The van der Waals surface area contributed by atoms with E-state index in [0.717, 1.165) is 31.8 Å². The first-order valence-corrected chi connectivity index (χ1v) is 7.29. The standard InChI is InChI=1S/C16H26N2O/c1-5-15-8-12-7-13(10-17-6-2)16(19-4)9-14(12)11-18(15)3/h7,9,15,17H,5-6,8,10-11H2,1-4H3. The fourth-order valence-electron chi connectivity index (χ4n) is 2.91. The predicted octanol–water partition coefficient (Wildman–Crippen LogP) is 2.57. The topological polar surface area (TPSA) is 24.5 Å². The largest absolute Gasteiger partial charge is 0.496 e. The molecule has 1 aliphatic rings. The summed E-state index contributed by atoms with van der Waals surface area (Å²) in [6.07, 6.45) is 2.37. The van der Waals surface area contributed by atoms with Crippen LogP contribution in [0.1, 0.15) is 37.0 Å². The Labute approximate surface area is 116 Å². The Balaban J connectivity index is 2.29. The van der Waals surface area contributed by atoms with E-state index in [2.05, 4.69) is 43.2 Å². The molecule has 1 aromatic carbocycles. The summed E-state index contributed by atoms with van der Waals surface area (Å²) in [5.74, 6) is 1.02. The fraction of sp³-hybridized carbons (Fsp3) is 0.625. The van der Waals surface area contributed by atoms with E-state index >= 15 is 0 Å². The highest BCUT2D eigenvalue weighted by Gasteiger charge is 2.23. The van der Waals surface area contributed by atoms with E-state index in [1.165, 1.54) is 23.1 Å². The molecule has 0 bridgehead atoms. The summed E-state index contributed by atoms with van der Waals surface area (Å²) in [7, 11) is 3.98. The van der Waals surface area contributed by atoms with Gasteiger partial charge in [0.25, 0.3) is 0 Å². The van der Waals surface area contributed by atoms with Crippen LogP contribution < -0.4 is 10.1 Å². The Kier molecular flexibility index (Phi) is 4.83. The number of nitrogens with zero attached hydrogens (tertiary/aromatic N) is 1. The van der Waals surface area contributed by atoms with Crippen molar-refractivity contribution >= 4 is 0 Å². The molecule has 0 saturated carbocycles. The SMILES string of the molecule is CCNCc1cc2c(cc1OC)CN(C)C(CC)C2. The van der Waals surface area contributed by atoms with Gasteiger partial charge in [0.2, 0.25) is 0 Å². The molecular formula is C16H26N2O. The van der Waals surface area contributed by atoms with Gasteiger partial charge in [0.05, 0.1) is 7.11 Å². The van der Waals surface area contributed by atoms with Gasteiger partial charge in [0.1, 0.15) is 5.75 Å². The zero-order chi connectivity index (χ0) is 13.8. The van der Waals surface area contributed by atoms with Gasteiger partial charge in [-0.25, -0.2) is 0 Å². The highest BCUT2D eigenvalue weighted by molar-refractivity contribution is 5.44. The first-order chi connectivity index (χ1) is 9.19. The van der Waals surface area contributed by atoms with Crippen molar-refractivity contribution in [3.8, 4) is 5.75 Å². The van der Waals surface area contributed by atoms with Crippen molar-refractivity contribution in [3.63, 3.8) is 0 Å². The highest BCUT2D eigenvalue weighted by Crippen LogP contribution is 2.30. The zero-order valence-corrected chi connectivity index (χ0v) is 12.6. The molecule has 0 fully saturated rings. The second-order valence-electron chi connectivity index (χ2n) is 5.39. The molecule has 1 N–H and O–H groups in total. The first kappa shape index (κ1) is 14.4. The summed E-state index contributed by atoms with van der Waals surface area (Å²) in [6.45, 7) is 7.31. The van der Waals surface area contributed by atoms with Gasteiger partial charge >= 0.3 is 0 Å². The maximum absolute atomic E-state index is 5.54. The van der Waals surface area contributed by atoms with Gasteiger partial charge in [-0.1, -0.05) is 19.9 Å². The minimum atomic E-state index is 0.674. The molecule has 3 heteroatoms. The average molecular weight is 262 g/mol. The van der Waals surface area contributed by atoms with Crippen LogP contribution in [0.2, 0.25) is 0 Å². The average Bonchev–Trinajstić information content (AvgIpc) is 2.43. The summed E-state index contributed by atoms with van der Waals surface area (Å²) < 4.78 is 5.54. The Morgan fingerprint density at radius 2 is 2.11 bits per heavy atom. The van der Waals surface area contributed by atoms with Gasteiger partial charge in [-0.2, -0.15) is 0 Å². The van der Waals surface area contributed by atoms with Crippen molar-refractivity contribution in [1.82, 2.24) is 10.2 Å². The van der Waals surface area contributed by atoms with Crippen LogP contribution in [-0.4, -0.2) is 31.6 Å². The second-order valence-corrected chi connectivity index (χ2v) is 5.39. The Bertz CT molecular complexity index is 431. The summed E-state index contributed by atoms with van der Waals surface area (Å²) >= 11 is 0. The van der Waals surface area contributed by atoms with Crippen LogP contribution in [0.4, 0.5) is 0 Å². The van der Waals surface area contributed by atoms with Gasteiger partial charge in [0, 0.05) is 24.7 Å². The smallest absolute Gasteiger partial charge is 0.123 e. The lowest BCUT2D eigenvalue weighted by atomic mass is 9.91. The molecule has 0 radical (unpaired) electrons. The van der Waals surface area contributed by atoms with Crippen LogP contribution >= 0.6 is 0 Å². The molecule has 0 aliphatic carbocycles. The maximum Gasteiger partial charge on any atom is 0.123 e. The molecule has 1 aliphatic heterocycles. The third kappa shape index (κ3) is 3.10. The summed E-state index contributed by atoms with van der Waals surface area (Å²) in [6, 6.07) is 5.24. The molecule has 2 rings (SSSR count). The number of nitrogens with one attached hydrogen (secondary N) is 1. The van der Waals surface area contributed by atoms with E-state index in [1.807, 2.05) is 0 Å². The van der Waals surface area contributed by atoms with Crippen molar-refractivity contribution in [2.75, 3.05) is 20.7 Å². The van der Waals surface area contributed by atoms with E-state index in [4.69, 9.17) is 4.74 Å². The number of benzene rings is 1. The van der Waals surface area contributed by atoms with E-state index in [-0.39, 0.29) is 0 Å². The third-order valence-corrected chi connectivity index (χ3v) is 4.14. The molecule has 1 atom stereocenters. The highest BCUT2D eigenvalue weighted by atomic mass is 16.5. The van der Waals surface area contributed by atoms with Crippen LogP contribution in [0, 0.1) is 0 Å². The van der Waals surface area contributed by atoms with E-state index in [1.54, 1.807) is 7.11 Å². The number of hydrogen-bond acceptors (Lipinski definition) is 3. The number of rotatable bonds is 5. The minimum Gasteiger partial charge on any atom is -0.496 e. The Hall–Kier alpha value is -1.06. The molecule has 106 valence electrons. The lowest BCUT2D eigenvalue weighted by Gasteiger charge is -2.34. The summed E-state index contributed by atoms with van der Waals surface area (Å²) in [5, 5.41) is 3.39. The molecule has 3 nitrogen and oxygen atoms in total. The zero-order valence-electron chi connectivity index (χ0n) is 12.6. The van der Waals surface area contributed by atoms with Gasteiger partial charge in [-0.15, -0.1) is 0 Å². The molecule has 0 aromatic heterocycles. The van der Waals surface area contributed by atoms with Crippen LogP contribution in [0.15, 0.2) is 12.1 Å². The van der Waals surface area contributed by atoms with Crippen molar-refractivity contribution in [3.05, 3.63) is 28.8 Å². The number of ether oxygens (including phenoxy) is 1. The van der Waals surface area contributed by atoms with Crippen LogP contribution in [-0.2, 0) is 19.5 Å². The first-order valence-electron chi connectivity index (χ1n) is 7.29.